The van der Waals surface area contributed by atoms with Crippen LogP contribution >= 0.6 is 0 Å². The first-order valence-corrected chi connectivity index (χ1v) is 7.51. The van der Waals surface area contributed by atoms with E-state index < -0.39 is 12.3 Å². The van der Waals surface area contributed by atoms with Gasteiger partial charge in [-0.25, -0.2) is 4.79 Å². The first-order chi connectivity index (χ1) is 10.2. The van der Waals surface area contributed by atoms with Gasteiger partial charge in [-0.1, -0.05) is 0 Å². The lowest BCUT2D eigenvalue weighted by molar-refractivity contribution is -0.134. The predicted molar refractivity (Wildman–Crippen MR) is 72.2 cm³/mol. The van der Waals surface area contributed by atoms with Crippen LogP contribution in [-0.4, -0.2) is 30.4 Å². The molecule has 0 spiro atoms. The summed E-state index contributed by atoms with van der Waals surface area (Å²) in [5.41, 5.74) is 0. The molecule has 0 radical (unpaired) electrons. The van der Waals surface area contributed by atoms with E-state index in [1.54, 1.807) is 0 Å². The van der Waals surface area contributed by atoms with Crippen molar-refractivity contribution in [2.24, 2.45) is 17.8 Å². The molecule has 0 aromatic heterocycles. The van der Waals surface area contributed by atoms with Crippen molar-refractivity contribution in [2.45, 2.75) is 44.6 Å². The maximum absolute atomic E-state index is 11.6. The number of carbonyl (C=O) groups is 3. The minimum absolute atomic E-state index is 0.156. The molecule has 3 aliphatic carbocycles. The molecule has 0 amide bonds. The molecule has 0 N–H and O–H groups in total. The summed E-state index contributed by atoms with van der Waals surface area (Å²) < 4.78 is 9.92. The Bertz CT molecular complexity index is 493. The van der Waals surface area contributed by atoms with Gasteiger partial charge in [0.2, 0.25) is 6.10 Å². The van der Waals surface area contributed by atoms with Crippen LogP contribution in [-0.2, 0) is 19.1 Å². The summed E-state index contributed by atoms with van der Waals surface area (Å²) in [4.78, 5) is 34.4. The molecule has 5 heteroatoms. The molecule has 0 bridgehead atoms. The lowest BCUT2D eigenvalue weighted by atomic mass is 10.1. The van der Waals surface area contributed by atoms with Gasteiger partial charge >= 0.3 is 6.16 Å². The highest BCUT2D eigenvalue weighted by atomic mass is 16.7. The third-order valence-corrected chi connectivity index (χ3v) is 4.65. The van der Waals surface area contributed by atoms with E-state index in [2.05, 4.69) is 11.8 Å². The van der Waals surface area contributed by atoms with Crippen LogP contribution in [0.3, 0.4) is 0 Å². The molecule has 3 aliphatic rings. The van der Waals surface area contributed by atoms with Gasteiger partial charge in [-0.3, -0.25) is 9.59 Å². The Morgan fingerprint density at radius 2 is 1.62 bits per heavy atom. The Labute approximate surface area is 123 Å². The van der Waals surface area contributed by atoms with E-state index in [0.29, 0.717) is 24.4 Å². The van der Waals surface area contributed by atoms with Crippen LogP contribution in [0, 0.1) is 29.6 Å². The highest BCUT2D eigenvalue weighted by Gasteiger charge is 2.49. The molecular weight excluding hydrogens is 272 g/mol. The molecule has 112 valence electrons. The van der Waals surface area contributed by atoms with E-state index in [9.17, 15) is 14.4 Å². The first-order valence-electron chi connectivity index (χ1n) is 7.51. The fourth-order valence-electron chi connectivity index (χ4n) is 3.40. The van der Waals surface area contributed by atoms with Crippen LogP contribution in [0.2, 0.25) is 0 Å². The largest absolute Gasteiger partial charge is 0.509 e. The van der Waals surface area contributed by atoms with E-state index in [1.807, 2.05) is 0 Å². The summed E-state index contributed by atoms with van der Waals surface area (Å²) in [5, 5.41) is 0. The number of fused-ring (bicyclic) bond motifs is 1. The van der Waals surface area contributed by atoms with Crippen molar-refractivity contribution in [3.8, 4) is 11.8 Å². The SMILES string of the molecule is O=C(OCC1[C@H]2CCC#CCC[C@@H]12)OC1C(=O)CCC1=O. The molecule has 0 heterocycles. The molecule has 2 saturated carbocycles. The topological polar surface area (TPSA) is 69.7 Å². The summed E-state index contributed by atoms with van der Waals surface area (Å²) in [6.07, 6.45) is 2.10. The predicted octanol–water partition coefficient (Wildman–Crippen LogP) is 1.88. The van der Waals surface area contributed by atoms with Crippen LogP contribution < -0.4 is 0 Å². The highest BCUT2D eigenvalue weighted by Crippen LogP contribution is 2.52. The van der Waals surface area contributed by atoms with Crippen molar-refractivity contribution in [2.75, 3.05) is 6.61 Å². The number of carbonyl (C=O) groups excluding carboxylic acids is 3. The smallest absolute Gasteiger partial charge is 0.434 e. The zero-order valence-corrected chi connectivity index (χ0v) is 11.8. The standard InChI is InChI=1S/C16H18O5/c17-13-7-8-14(18)15(13)21-16(19)20-9-12-10-5-3-1-2-4-6-11(10)12/h10-12,15H,3-9H2/t10-,11+,12?. The Morgan fingerprint density at radius 1 is 1.05 bits per heavy atom. The van der Waals surface area contributed by atoms with Gasteiger partial charge in [0, 0.05) is 25.7 Å². The van der Waals surface area contributed by atoms with E-state index in [4.69, 9.17) is 9.47 Å². The van der Waals surface area contributed by atoms with Crippen LogP contribution in [0.1, 0.15) is 38.5 Å². The van der Waals surface area contributed by atoms with Gasteiger partial charge in [0.15, 0.2) is 11.6 Å². The van der Waals surface area contributed by atoms with Crippen molar-refractivity contribution in [1.29, 1.82) is 0 Å². The number of hydrogen-bond acceptors (Lipinski definition) is 5. The van der Waals surface area contributed by atoms with Gasteiger partial charge in [-0.15, -0.1) is 11.8 Å². The summed E-state index contributed by atoms with van der Waals surface area (Å²) >= 11 is 0. The minimum Gasteiger partial charge on any atom is -0.434 e. The monoisotopic (exact) mass is 290 g/mol. The second kappa shape index (κ2) is 5.88. The van der Waals surface area contributed by atoms with Crippen LogP contribution in [0.25, 0.3) is 0 Å². The Morgan fingerprint density at radius 3 is 2.19 bits per heavy atom. The molecule has 21 heavy (non-hydrogen) atoms. The average molecular weight is 290 g/mol. The number of rotatable bonds is 3. The molecule has 3 atom stereocenters. The summed E-state index contributed by atoms with van der Waals surface area (Å²) in [7, 11) is 0. The van der Waals surface area contributed by atoms with Crippen LogP contribution in [0.4, 0.5) is 4.79 Å². The first kappa shape index (κ1) is 14.1. The lowest BCUT2D eigenvalue weighted by Crippen LogP contribution is -2.29. The lowest BCUT2D eigenvalue weighted by Gasteiger charge is -2.09. The molecule has 0 aliphatic heterocycles. The van der Waals surface area contributed by atoms with E-state index in [-0.39, 0.29) is 24.4 Å². The number of ether oxygens (including phenoxy) is 2. The summed E-state index contributed by atoms with van der Waals surface area (Å²) in [5.74, 6) is 7.14. The third-order valence-electron chi connectivity index (χ3n) is 4.65. The maximum atomic E-state index is 11.6. The van der Waals surface area contributed by atoms with Crippen LogP contribution in [0.15, 0.2) is 0 Å². The normalized spacial score (nSPS) is 31.5. The maximum Gasteiger partial charge on any atom is 0.509 e. The van der Waals surface area contributed by atoms with Gasteiger partial charge in [0.05, 0.1) is 6.61 Å². The Hall–Kier alpha value is -1.83. The fraction of sp³-hybridized carbons (Fsp3) is 0.688. The molecule has 1 unspecified atom stereocenters. The zero-order valence-electron chi connectivity index (χ0n) is 11.8. The second-order valence-corrected chi connectivity index (χ2v) is 5.91. The Kier molecular flexibility index (Phi) is 3.96. The van der Waals surface area contributed by atoms with Crippen molar-refractivity contribution in [1.82, 2.24) is 0 Å². The molecule has 3 rings (SSSR count). The summed E-state index contributed by atoms with van der Waals surface area (Å²) in [6.45, 7) is 0.309. The molecule has 0 aromatic carbocycles. The van der Waals surface area contributed by atoms with E-state index in [1.165, 1.54) is 0 Å². The molecule has 5 nitrogen and oxygen atoms in total. The molecular formula is C16H18O5. The summed E-state index contributed by atoms with van der Waals surface area (Å²) in [6, 6.07) is 0. The van der Waals surface area contributed by atoms with Crippen molar-refractivity contribution >= 4 is 17.7 Å². The number of Topliss-reactive ketones (excluding diaryl/α,β-unsaturated/α-hetero) is 2. The second-order valence-electron chi connectivity index (χ2n) is 5.91. The van der Waals surface area contributed by atoms with Gasteiger partial charge in [0.25, 0.3) is 0 Å². The highest BCUT2D eigenvalue weighted by molar-refractivity contribution is 6.12. The third kappa shape index (κ3) is 3.10. The fourth-order valence-corrected chi connectivity index (χ4v) is 3.40. The Balaban J connectivity index is 1.43. The number of hydrogen-bond donors (Lipinski definition) is 0. The van der Waals surface area contributed by atoms with Gasteiger partial charge in [-0.05, 0) is 30.6 Å². The van der Waals surface area contributed by atoms with Gasteiger partial charge < -0.3 is 9.47 Å². The van der Waals surface area contributed by atoms with Gasteiger partial charge in [-0.2, -0.15) is 0 Å². The quantitative estimate of drug-likeness (QED) is 0.451. The molecule has 2 fully saturated rings. The van der Waals surface area contributed by atoms with Gasteiger partial charge in [0.1, 0.15) is 0 Å². The average Bonchev–Trinajstić information content (AvgIpc) is 2.98. The van der Waals surface area contributed by atoms with Crippen LogP contribution in [0.5, 0.6) is 0 Å². The number of ketones is 2. The van der Waals surface area contributed by atoms with E-state index >= 15 is 0 Å². The minimum atomic E-state index is -1.24. The van der Waals surface area contributed by atoms with Crippen molar-refractivity contribution in [3.05, 3.63) is 0 Å². The molecule has 0 saturated heterocycles. The van der Waals surface area contributed by atoms with E-state index in [0.717, 1.165) is 25.7 Å². The molecule has 0 aromatic rings. The van der Waals surface area contributed by atoms with Crippen molar-refractivity contribution in [3.63, 3.8) is 0 Å². The zero-order chi connectivity index (χ0) is 14.8. The van der Waals surface area contributed by atoms with Crippen molar-refractivity contribution < 1.29 is 23.9 Å².